The molecule has 0 saturated heterocycles. The summed E-state index contributed by atoms with van der Waals surface area (Å²) in [5.41, 5.74) is 0.766. The van der Waals surface area contributed by atoms with Crippen LogP contribution in [-0.2, 0) is 0 Å². The van der Waals surface area contributed by atoms with Gasteiger partial charge in [0.1, 0.15) is 0 Å². The zero-order chi connectivity index (χ0) is 9.02. The Labute approximate surface area is 82.1 Å². The molecule has 0 rings (SSSR count). The van der Waals surface area contributed by atoms with Crippen LogP contribution in [-0.4, -0.2) is 0 Å². The monoisotopic (exact) mass is 210 g/mol. The lowest BCUT2D eigenvalue weighted by Gasteiger charge is -1.95. The third kappa shape index (κ3) is 4.52. The number of rotatable bonds is 2. The molecule has 0 aliphatic rings. The lowest BCUT2D eigenvalue weighted by Crippen LogP contribution is -1.74. The van der Waals surface area contributed by atoms with Gasteiger partial charge in [-0.25, -0.2) is 0 Å². The van der Waals surface area contributed by atoms with Gasteiger partial charge in [0.2, 0.25) is 0 Å². The summed E-state index contributed by atoms with van der Waals surface area (Å²) in [7, 11) is 0. The average Bonchev–Trinajstić information content (AvgIpc) is 1.87. The van der Waals surface area contributed by atoms with Crippen LogP contribution in [0.4, 0.5) is 0 Å². The molecule has 0 aromatic carbocycles. The summed E-state index contributed by atoms with van der Waals surface area (Å²) in [6.07, 6.45) is 1.58. The van der Waals surface area contributed by atoms with E-state index in [-0.39, 0.29) is 0 Å². The van der Waals surface area contributed by atoms with Gasteiger partial charge in [0.15, 0.2) is 0 Å². The first kappa shape index (κ1) is 11.1. The molecule has 0 radical (unpaired) electrons. The van der Waals surface area contributed by atoms with Crippen molar-refractivity contribution in [3.63, 3.8) is 0 Å². The minimum Gasteiger partial charge on any atom is -0.0946 e. The smallest absolute Gasteiger partial charge is 0.0563 e. The molecule has 0 aromatic rings. The highest BCUT2D eigenvalue weighted by Crippen LogP contribution is 2.20. The van der Waals surface area contributed by atoms with Gasteiger partial charge in [0, 0.05) is 10.1 Å². The maximum Gasteiger partial charge on any atom is 0.0563 e. The van der Waals surface area contributed by atoms with Crippen molar-refractivity contribution in [2.24, 2.45) is 0 Å². The Bertz CT molecular complexity index is 219. The third-order valence-electron chi connectivity index (χ3n) is 0.990. The van der Waals surface area contributed by atoms with E-state index in [9.17, 15) is 0 Å². The van der Waals surface area contributed by atoms with Crippen molar-refractivity contribution in [1.29, 1.82) is 0 Å². The predicted molar refractivity (Wildman–Crippen MR) is 53.2 cm³/mol. The molecule has 0 fully saturated rings. The molecule has 0 bridgehead atoms. The van der Waals surface area contributed by atoms with Crippen LogP contribution in [0.1, 0.15) is 13.8 Å². The van der Waals surface area contributed by atoms with Crippen molar-refractivity contribution in [1.82, 2.24) is 0 Å². The van der Waals surface area contributed by atoms with E-state index in [0.717, 1.165) is 5.57 Å². The van der Waals surface area contributed by atoms with Crippen molar-refractivity contribution in [2.75, 3.05) is 0 Å². The van der Waals surface area contributed by atoms with Gasteiger partial charge in [-0.3, -0.25) is 0 Å². The second-order valence-electron chi connectivity index (χ2n) is 2.15. The van der Waals surface area contributed by atoms with Crippen LogP contribution in [0.2, 0.25) is 0 Å². The van der Waals surface area contributed by atoms with Gasteiger partial charge in [-0.05, 0) is 25.5 Å². The minimum atomic E-state index is 0.444. The molecule has 0 amide bonds. The quantitative estimate of drug-likeness (QED) is 0.594. The van der Waals surface area contributed by atoms with Gasteiger partial charge in [0.25, 0.3) is 0 Å². The molecular formula is C8H9Cl3. The topological polar surface area (TPSA) is 0 Å². The number of hydrogen-bond donors (Lipinski definition) is 0. The van der Waals surface area contributed by atoms with Crippen LogP contribution in [0.3, 0.4) is 0 Å². The third-order valence-corrected chi connectivity index (χ3v) is 2.11. The fourth-order valence-electron chi connectivity index (χ4n) is 0.334. The largest absolute Gasteiger partial charge is 0.0946 e. The van der Waals surface area contributed by atoms with E-state index in [4.69, 9.17) is 34.8 Å². The van der Waals surface area contributed by atoms with Gasteiger partial charge >= 0.3 is 0 Å². The van der Waals surface area contributed by atoms with Gasteiger partial charge in [-0.1, -0.05) is 41.4 Å². The molecule has 0 nitrogen and oxygen atoms in total. The standard InChI is InChI=1S/C8H9Cl3/c1-5(2)7(10)4-8(11)6(3)9/h4H,1H2,2-3H3/b7-4+,8-6-. The van der Waals surface area contributed by atoms with Crippen LogP contribution in [0, 0.1) is 0 Å². The summed E-state index contributed by atoms with van der Waals surface area (Å²) in [5, 5.41) is 1.49. The molecule has 0 atom stereocenters. The van der Waals surface area contributed by atoms with E-state index in [2.05, 4.69) is 6.58 Å². The summed E-state index contributed by atoms with van der Waals surface area (Å²) in [4.78, 5) is 0. The molecule has 62 valence electrons. The van der Waals surface area contributed by atoms with E-state index in [0.29, 0.717) is 15.1 Å². The molecule has 0 unspecified atom stereocenters. The van der Waals surface area contributed by atoms with E-state index in [1.165, 1.54) is 0 Å². The summed E-state index contributed by atoms with van der Waals surface area (Å²) in [6, 6.07) is 0. The van der Waals surface area contributed by atoms with E-state index in [1.54, 1.807) is 19.9 Å². The zero-order valence-corrected chi connectivity index (χ0v) is 8.69. The van der Waals surface area contributed by atoms with Crippen molar-refractivity contribution in [3.05, 3.63) is 33.3 Å². The molecule has 0 heterocycles. The molecule has 0 spiro atoms. The molecule has 0 saturated carbocycles. The molecule has 0 N–H and O–H groups in total. The first-order valence-electron chi connectivity index (χ1n) is 3.00. The summed E-state index contributed by atoms with van der Waals surface area (Å²) >= 11 is 17.0. The SMILES string of the molecule is C=C(C)/C(Cl)=C\C(Cl)=C(/C)Cl. The highest BCUT2D eigenvalue weighted by Gasteiger charge is 1.96. The van der Waals surface area contributed by atoms with Gasteiger partial charge in [-0.15, -0.1) is 0 Å². The predicted octanol–water partition coefficient (Wildman–Crippen LogP) is 4.39. The van der Waals surface area contributed by atoms with Crippen molar-refractivity contribution in [3.8, 4) is 0 Å². The molecular weight excluding hydrogens is 202 g/mol. The second-order valence-corrected chi connectivity index (χ2v) is 3.54. The summed E-state index contributed by atoms with van der Waals surface area (Å²) < 4.78 is 0. The number of hydrogen-bond acceptors (Lipinski definition) is 0. The number of halogens is 3. The second kappa shape index (κ2) is 4.87. The first-order valence-corrected chi connectivity index (χ1v) is 4.13. The van der Waals surface area contributed by atoms with E-state index in [1.807, 2.05) is 0 Å². The maximum absolute atomic E-state index is 5.74. The Morgan fingerprint density at radius 1 is 1.18 bits per heavy atom. The molecule has 0 aromatic heterocycles. The zero-order valence-electron chi connectivity index (χ0n) is 6.42. The molecule has 0 aliphatic heterocycles. The van der Waals surface area contributed by atoms with Crippen LogP contribution < -0.4 is 0 Å². The van der Waals surface area contributed by atoms with Crippen molar-refractivity contribution in [2.45, 2.75) is 13.8 Å². The lowest BCUT2D eigenvalue weighted by atomic mass is 10.3. The lowest BCUT2D eigenvalue weighted by molar-refractivity contribution is 1.51. The van der Waals surface area contributed by atoms with Crippen LogP contribution >= 0.6 is 34.8 Å². The Balaban J connectivity index is 4.58. The van der Waals surface area contributed by atoms with Crippen molar-refractivity contribution >= 4 is 34.8 Å². The molecule has 3 heteroatoms. The Morgan fingerprint density at radius 3 is 1.91 bits per heavy atom. The van der Waals surface area contributed by atoms with Crippen molar-refractivity contribution < 1.29 is 0 Å². The average molecular weight is 212 g/mol. The fraction of sp³-hybridized carbons (Fsp3) is 0.250. The highest BCUT2D eigenvalue weighted by atomic mass is 35.5. The first-order chi connectivity index (χ1) is 4.95. The Morgan fingerprint density at radius 2 is 1.64 bits per heavy atom. The maximum atomic E-state index is 5.74. The Kier molecular flexibility index (Phi) is 4.91. The van der Waals surface area contributed by atoms with E-state index < -0.39 is 0 Å². The highest BCUT2D eigenvalue weighted by molar-refractivity contribution is 6.41. The van der Waals surface area contributed by atoms with Gasteiger partial charge < -0.3 is 0 Å². The number of allylic oxidation sites excluding steroid dienone is 5. The van der Waals surface area contributed by atoms with E-state index >= 15 is 0 Å². The normalized spacial score (nSPS) is 14.5. The minimum absolute atomic E-state index is 0.444. The van der Waals surface area contributed by atoms with Crippen LogP contribution in [0.5, 0.6) is 0 Å². The van der Waals surface area contributed by atoms with Crippen LogP contribution in [0.15, 0.2) is 33.3 Å². The Hall–Kier alpha value is 0.0900. The molecule has 11 heavy (non-hydrogen) atoms. The molecule has 0 aliphatic carbocycles. The summed E-state index contributed by atoms with van der Waals surface area (Å²) in [6.45, 7) is 7.14. The fourth-order valence-corrected chi connectivity index (χ4v) is 0.663. The van der Waals surface area contributed by atoms with Crippen LogP contribution in [0.25, 0.3) is 0 Å². The van der Waals surface area contributed by atoms with Gasteiger partial charge in [-0.2, -0.15) is 0 Å². The summed E-state index contributed by atoms with van der Waals surface area (Å²) in [5.74, 6) is 0. The van der Waals surface area contributed by atoms with Gasteiger partial charge in [0.05, 0.1) is 5.03 Å².